The zero-order chi connectivity index (χ0) is 16.0. The van der Waals surface area contributed by atoms with E-state index in [0.29, 0.717) is 27.6 Å². The van der Waals surface area contributed by atoms with Crippen molar-refractivity contribution in [3.05, 3.63) is 32.8 Å². The fraction of sp³-hybridized carbons (Fsp3) is 0.600. The quantitative estimate of drug-likeness (QED) is 0.499. The van der Waals surface area contributed by atoms with Crippen LogP contribution in [-0.4, -0.2) is 15.2 Å². The molecule has 0 radical (unpaired) electrons. The summed E-state index contributed by atoms with van der Waals surface area (Å²) in [5.41, 5.74) is 0.773. The van der Waals surface area contributed by atoms with E-state index in [0.717, 1.165) is 24.3 Å². The van der Waals surface area contributed by atoms with Crippen molar-refractivity contribution in [3.8, 4) is 0 Å². The smallest absolute Gasteiger partial charge is 0.337 e. The summed E-state index contributed by atoms with van der Waals surface area (Å²) in [6, 6.07) is 5.17. The van der Waals surface area contributed by atoms with Gasteiger partial charge in [0.05, 0.1) is 6.61 Å². The number of hydrogen-bond donors (Lipinski definition) is 0. The Morgan fingerprint density at radius 2 is 1.52 bits per heavy atom. The van der Waals surface area contributed by atoms with Gasteiger partial charge < -0.3 is 8.85 Å². The van der Waals surface area contributed by atoms with E-state index in [1.54, 1.807) is 12.1 Å². The van der Waals surface area contributed by atoms with E-state index in [-0.39, 0.29) is 0 Å². The first-order chi connectivity index (χ1) is 9.83. The molecule has 120 valence electrons. The van der Waals surface area contributed by atoms with E-state index in [4.69, 9.17) is 43.7 Å². The SMILES string of the molecule is CC[Si](CC)(OCc1c(Cl)cc(Cl)cc1Cl)OCC(C)C. The molecule has 2 nitrogen and oxygen atoms in total. The van der Waals surface area contributed by atoms with Crippen LogP contribution in [0.15, 0.2) is 12.1 Å². The van der Waals surface area contributed by atoms with Crippen LogP contribution in [0.5, 0.6) is 0 Å². The third kappa shape index (κ3) is 5.74. The number of benzene rings is 1. The van der Waals surface area contributed by atoms with Gasteiger partial charge in [-0.2, -0.15) is 0 Å². The molecule has 0 spiro atoms. The van der Waals surface area contributed by atoms with Gasteiger partial charge in [0.1, 0.15) is 0 Å². The van der Waals surface area contributed by atoms with Gasteiger partial charge in [-0.05, 0) is 30.1 Å². The third-order valence-corrected chi connectivity index (χ3v) is 7.75. The van der Waals surface area contributed by atoms with E-state index in [9.17, 15) is 0 Å². The zero-order valence-electron chi connectivity index (χ0n) is 13.0. The van der Waals surface area contributed by atoms with Crippen LogP contribution in [-0.2, 0) is 15.5 Å². The van der Waals surface area contributed by atoms with Crippen molar-refractivity contribution in [3.63, 3.8) is 0 Å². The summed E-state index contributed by atoms with van der Waals surface area (Å²) < 4.78 is 12.3. The fourth-order valence-corrected chi connectivity index (χ4v) is 5.30. The van der Waals surface area contributed by atoms with E-state index in [2.05, 4.69) is 27.7 Å². The second-order valence-corrected chi connectivity index (χ2v) is 10.5. The molecule has 0 aliphatic carbocycles. The monoisotopic (exact) mass is 368 g/mol. The van der Waals surface area contributed by atoms with Gasteiger partial charge in [-0.15, -0.1) is 0 Å². The van der Waals surface area contributed by atoms with Crippen molar-refractivity contribution in [1.82, 2.24) is 0 Å². The lowest BCUT2D eigenvalue weighted by Gasteiger charge is -2.30. The second kappa shape index (κ2) is 8.75. The fourth-order valence-electron chi connectivity index (χ4n) is 1.93. The first kappa shape index (κ1) is 19.3. The van der Waals surface area contributed by atoms with Gasteiger partial charge in [0.25, 0.3) is 0 Å². The number of rotatable bonds is 8. The van der Waals surface area contributed by atoms with Gasteiger partial charge in [0.15, 0.2) is 0 Å². The van der Waals surface area contributed by atoms with Gasteiger partial charge in [-0.1, -0.05) is 62.5 Å². The zero-order valence-corrected chi connectivity index (χ0v) is 16.3. The Bertz CT molecular complexity index is 439. The summed E-state index contributed by atoms with van der Waals surface area (Å²) in [7, 11) is -2.20. The molecule has 0 amide bonds. The minimum atomic E-state index is -2.20. The van der Waals surface area contributed by atoms with Crippen LogP contribution >= 0.6 is 34.8 Å². The lowest BCUT2D eigenvalue weighted by molar-refractivity contribution is 0.146. The van der Waals surface area contributed by atoms with Crippen LogP contribution in [0, 0.1) is 5.92 Å². The van der Waals surface area contributed by atoms with E-state index < -0.39 is 8.56 Å². The molecule has 0 aromatic heterocycles. The Kier molecular flexibility index (Phi) is 8.03. The number of halogens is 3. The van der Waals surface area contributed by atoms with Crippen LogP contribution in [0.4, 0.5) is 0 Å². The Balaban J connectivity index is 2.82. The average molecular weight is 370 g/mol. The first-order valence-corrected chi connectivity index (χ1v) is 10.6. The van der Waals surface area contributed by atoms with Crippen molar-refractivity contribution in [1.29, 1.82) is 0 Å². The van der Waals surface area contributed by atoms with Crippen LogP contribution in [0.1, 0.15) is 33.3 Å². The van der Waals surface area contributed by atoms with Crippen molar-refractivity contribution in [2.45, 2.75) is 46.4 Å². The molecular weight excluding hydrogens is 347 g/mol. The van der Waals surface area contributed by atoms with E-state index >= 15 is 0 Å². The van der Waals surface area contributed by atoms with Gasteiger partial charge in [-0.25, -0.2) is 0 Å². The van der Waals surface area contributed by atoms with E-state index in [1.165, 1.54) is 0 Å². The Labute approximate surface area is 143 Å². The topological polar surface area (TPSA) is 18.5 Å². The Morgan fingerprint density at radius 3 is 1.95 bits per heavy atom. The van der Waals surface area contributed by atoms with Gasteiger partial charge in [0, 0.05) is 27.2 Å². The molecule has 0 saturated carbocycles. The summed E-state index contributed by atoms with van der Waals surface area (Å²) in [6.45, 7) is 9.58. The maximum atomic E-state index is 6.20. The molecule has 0 saturated heterocycles. The van der Waals surface area contributed by atoms with Gasteiger partial charge in [0.2, 0.25) is 0 Å². The van der Waals surface area contributed by atoms with Crippen molar-refractivity contribution < 1.29 is 8.85 Å². The molecule has 0 aliphatic rings. The van der Waals surface area contributed by atoms with Crippen LogP contribution < -0.4 is 0 Å². The standard InChI is InChI=1S/C15H23Cl3O2Si/c1-5-21(6-2,19-9-11(3)4)20-10-13-14(17)7-12(16)8-15(13)18/h7-8,11H,5-6,9-10H2,1-4H3. The van der Waals surface area contributed by atoms with Crippen LogP contribution in [0.25, 0.3) is 0 Å². The minimum Gasteiger partial charge on any atom is -0.394 e. The molecule has 1 aromatic rings. The van der Waals surface area contributed by atoms with Gasteiger partial charge in [-0.3, -0.25) is 0 Å². The predicted octanol–water partition coefficient (Wildman–Crippen LogP) is 6.32. The molecule has 21 heavy (non-hydrogen) atoms. The number of hydrogen-bond acceptors (Lipinski definition) is 2. The van der Waals surface area contributed by atoms with E-state index in [1.807, 2.05) is 0 Å². The Hall–Kier alpha value is 0.227. The lowest BCUT2D eigenvalue weighted by Crippen LogP contribution is -2.41. The molecule has 1 aromatic carbocycles. The lowest BCUT2D eigenvalue weighted by atomic mass is 10.2. The molecule has 0 heterocycles. The minimum absolute atomic E-state index is 0.362. The molecular formula is C15H23Cl3O2Si. The highest BCUT2D eigenvalue weighted by Crippen LogP contribution is 2.31. The van der Waals surface area contributed by atoms with Crippen LogP contribution in [0.3, 0.4) is 0 Å². The molecule has 1 rings (SSSR count). The highest BCUT2D eigenvalue weighted by atomic mass is 35.5. The summed E-state index contributed by atoms with van der Waals surface area (Å²) >= 11 is 18.3. The molecule has 0 aliphatic heterocycles. The summed E-state index contributed by atoms with van der Waals surface area (Å²) in [6.07, 6.45) is 0. The van der Waals surface area contributed by atoms with Crippen molar-refractivity contribution in [2.75, 3.05) is 6.61 Å². The highest BCUT2D eigenvalue weighted by Gasteiger charge is 2.34. The molecule has 0 fully saturated rings. The van der Waals surface area contributed by atoms with Crippen molar-refractivity contribution >= 4 is 43.4 Å². The molecule has 0 unspecified atom stereocenters. The highest BCUT2D eigenvalue weighted by molar-refractivity contribution is 6.67. The summed E-state index contributed by atoms with van der Waals surface area (Å²) in [5.74, 6) is 0.487. The second-order valence-electron chi connectivity index (χ2n) is 5.46. The van der Waals surface area contributed by atoms with Crippen molar-refractivity contribution in [2.24, 2.45) is 5.92 Å². The third-order valence-electron chi connectivity index (χ3n) is 3.34. The first-order valence-electron chi connectivity index (χ1n) is 7.25. The van der Waals surface area contributed by atoms with Gasteiger partial charge >= 0.3 is 8.56 Å². The summed E-state index contributed by atoms with van der Waals surface area (Å²) in [5, 5.41) is 1.59. The van der Waals surface area contributed by atoms with Crippen LogP contribution in [0.2, 0.25) is 27.2 Å². The molecule has 6 heteroatoms. The summed E-state index contributed by atoms with van der Waals surface area (Å²) in [4.78, 5) is 0. The maximum absolute atomic E-state index is 6.20. The Morgan fingerprint density at radius 1 is 1.00 bits per heavy atom. The molecule has 0 bridgehead atoms. The predicted molar refractivity (Wildman–Crippen MR) is 93.8 cm³/mol. The average Bonchev–Trinajstić information content (AvgIpc) is 2.41. The molecule has 0 atom stereocenters. The normalized spacial score (nSPS) is 12.2. The largest absolute Gasteiger partial charge is 0.394 e. The molecule has 0 N–H and O–H groups in total. The maximum Gasteiger partial charge on any atom is 0.337 e.